The Labute approximate surface area is 141 Å². The molecule has 0 saturated carbocycles. The van der Waals surface area contributed by atoms with Crippen LogP contribution in [0.5, 0.6) is 17.2 Å². The molecule has 128 valence electrons. The molecule has 0 unspecified atom stereocenters. The largest absolute Gasteiger partial charge is 0.502 e. The van der Waals surface area contributed by atoms with Crippen LogP contribution in [0.2, 0.25) is 0 Å². The van der Waals surface area contributed by atoms with E-state index in [1.165, 1.54) is 26.4 Å². The van der Waals surface area contributed by atoms with E-state index >= 15 is 0 Å². The molecule has 0 aliphatic carbocycles. The van der Waals surface area contributed by atoms with Crippen LogP contribution in [0, 0.1) is 0 Å². The SMILES string of the molecule is COc1cc2oc(=O)cc(/C=C/c3cc(=O)c(O)co3)c2cc1OC. The zero-order valence-corrected chi connectivity index (χ0v) is 13.4. The van der Waals surface area contributed by atoms with Crippen LogP contribution >= 0.6 is 0 Å². The summed E-state index contributed by atoms with van der Waals surface area (Å²) in [4.78, 5) is 23.2. The highest BCUT2D eigenvalue weighted by molar-refractivity contribution is 5.91. The summed E-state index contributed by atoms with van der Waals surface area (Å²) in [6.45, 7) is 0. The van der Waals surface area contributed by atoms with E-state index in [1.54, 1.807) is 18.2 Å². The Bertz CT molecular complexity index is 1070. The minimum absolute atomic E-state index is 0.227. The smallest absolute Gasteiger partial charge is 0.336 e. The van der Waals surface area contributed by atoms with Crippen LogP contribution in [0.25, 0.3) is 23.1 Å². The fraction of sp³-hybridized carbons (Fsp3) is 0.111. The van der Waals surface area contributed by atoms with Gasteiger partial charge >= 0.3 is 5.63 Å². The molecule has 2 heterocycles. The third-order valence-corrected chi connectivity index (χ3v) is 3.54. The first-order chi connectivity index (χ1) is 12.0. The first-order valence-electron chi connectivity index (χ1n) is 7.21. The van der Waals surface area contributed by atoms with Gasteiger partial charge < -0.3 is 23.4 Å². The van der Waals surface area contributed by atoms with E-state index < -0.39 is 16.8 Å². The Morgan fingerprint density at radius 3 is 2.40 bits per heavy atom. The highest BCUT2D eigenvalue weighted by atomic mass is 16.5. The maximum atomic E-state index is 11.8. The normalized spacial score (nSPS) is 11.1. The summed E-state index contributed by atoms with van der Waals surface area (Å²) in [6.07, 6.45) is 4.06. The van der Waals surface area contributed by atoms with Crippen molar-refractivity contribution in [2.75, 3.05) is 14.2 Å². The van der Waals surface area contributed by atoms with Crippen molar-refractivity contribution in [3.63, 3.8) is 0 Å². The molecule has 0 bridgehead atoms. The fourth-order valence-electron chi connectivity index (χ4n) is 2.33. The summed E-state index contributed by atoms with van der Waals surface area (Å²) < 4.78 is 20.8. The van der Waals surface area contributed by atoms with E-state index in [9.17, 15) is 14.7 Å². The monoisotopic (exact) mass is 342 g/mol. The van der Waals surface area contributed by atoms with Crippen LogP contribution in [0.4, 0.5) is 0 Å². The zero-order valence-electron chi connectivity index (χ0n) is 13.4. The third-order valence-electron chi connectivity index (χ3n) is 3.54. The minimum Gasteiger partial charge on any atom is -0.502 e. The Morgan fingerprint density at radius 2 is 1.72 bits per heavy atom. The second-order valence-corrected chi connectivity index (χ2v) is 5.09. The van der Waals surface area contributed by atoms with Crippen LogP contribution in [-0.4, -0.2) is 19.3 Å². The molecule has 2 aromatic heterocycles. The molecule has 0 amide bonds. The second-order valence-electron chi connectivity index (χ2n) is 5.09. The van der Waals surface area contributed by atoms with Gasteiger partial charge in [-0.15, -0.1) is 0 Å². The molecule has 1 aromatic carbocycles. The number of fused-ring (bicyclic) bond motifs is 1. The van der Waals surface area contributed by atoms with Gasteiger partial charge in [-0.2, -0.15) is 0 Å². The van der Waals surface area contributed by atoms with Crippen molar-refractivity contribution in [1.29, 1.82) is 0 Å². The first kappa shape index (κ1) is 16.4. The number of benzene rings is 1. The average Bonchev–Trinajstić information content (AvgIpc) is 2.61. The van der Waals surface area contributed by atoms with E-state index in [-0.39, 0.29) is 5.76 Å². The van der Waals surface area contributed by atoms with Crippen LogP contribution < -0.4 is 20.5 Å². The summed E-state index contributed by atoms with van der Waals surface area (Å²) in [7, 11) is 2.99. The number of methoxy groups -OCH3 is 2. The van der Waals surface area contributed by atoms with E-state index in [1.807, 2.05) is 0 Å². The lowest BCUT2D eigenvalue weighted by Crippen LogP contribution is -1.99. The second kappa shape index (κ2) is 6.56. The molecule has 0 saturated heterocycles. The summed E-state index contributed by atoms with van der Waals surface area (Å²) in [5.74, 6) is 0.669. The number of aromatic hydroxyl groups is 1. The lowest BCUT2D eigenvalue weighted by atomic mass is 10.1. The van der Waals surface area contributed by atoms with Gasteiger partial charge in [0.15, 0.2) is 17.2 Å². The van der Waals surface area contributed by atoms with Gasteiger partial charge in [0.2, 0.25) is 5.43 Å². The van der Waals surface area contributed by atoms with Crippen molar-refractivity contribution in [2.45, 2.75) is 0 Å². The Balaban J connectivity index is 2.14. The van der Waals surface area contributed by atoms with Gasteiger partial charge in [0.1, 0.15) is 17.6 Å². The van der Waals surface area contributed by atoms with E-state index in [4.69, 9.17) is 18.3 Å². The van der Waals surface area contributed by atoms with Crippen LogP contribution in [-0.2, 0) is 0 Å². The van der Waals surface area contributed by atoms with Crippen LogP contribution in [0.15, 0.2) is 49.0 Å². The topological polar surface area (TPSA) is 99.1 Å². The van der Waals surface area contributed by atoms with Crippen molar-refractivity contribution in [3.8, 4) is 17.2 Å². The van der Waals surface area contributed by atoms with Crippen molar-refractivity contribution >= 4 is 23.1 Å². The quantitative estimate of drug-likeness (QED) is 0.728. The highest BCUT2D eigenvalue weighted by Gasteiger charge is 2.11. The molecule has 0 aliphatic heterocycles. The van der Waals surface area contributed by atoms with Crippen molar-refractivity contribution in [3.05, 3.63) is 62.5 Å². The van der Waals surface area contributed by atoms with Gasteiger partial charge in [0.05, 0.1) is 14.2 Å². The molecule has 7 heteroatoms. The third kappa shape index (κ3) is 3.25. The molecule has 7 nitrogen and oxygen atoms in total. The van der Waals surface area contributed by atoms with Crippen molar-refractivity contribution in [2.24, 2.45) is 0 Å². The standard InChI is InChI=1S/C18H14O7/c1-22-16-7-12-10(3-4-11-6-13(19)14(20)9-24-11)5-18(21)25-15(12)8-17(16)23-2/h3-9,20H,1-2H3/b4-3+. The summed E-state index contributed by atoms with van der Waals surface area (Å²) >= 11 is 0. The maximum absolute atomic E-state index is 11.8. The van der Waals surface area contributed by atoms with Gasteiger partial charge in [-0.05, 0) is 17.7 Å². The predicted octanol–water partition coefficient (Wildman–Crippen LogP) is 2.64. The molecule has 3 rings (SSSR count). The molecule has 0 aliphatic rings. The molecule has 3 aromatic rings. The van der Waals surface area contributed by atoms with Gasteiger partial charge in [0.25, 0.3) is 0 Å². The molecule has 25 heavy (non-hydrogen) atoms. The Hall–Kier alpha value is -3.48. The van der Waals surface area contributed by atoms with Gasteiger partial charge in [-0.1, -0.05) is 6.08 Å². The number of rotatable bonds is 4. The Kier molecular flexibility index (Phi) is 4.30. The number of hydrogen-bond acceptors (Lipinski definition) is 7. The summed E-state index contributed by atoms with van der Waals surface area (Å²) in [5.41, 5.74) is -0.221. The molecule has 1 N–H and O–H groups in total. The lowest BCUT2D eigenvalue weighted by molar-refractivity contribution is 0.355. The molecular weight excluding hydrogens is 328 g/mol. The summed E-state index contributed by atoms with van der Waals surface area (Å²) in [5, 5.41) is 9.82. The Morgan fingerprint density at radius 1 is 1.00 bits per heavy atom. The van der Waals surface area contributed by atoms with E-state index in [2.05, 4.69) is 0 Å². The predicted molar refractivity (Wildman–Crippen MR) is 91.2 cm³/mol. The van der Waals surface area contributed by atoms with Crippen LogP contribution in [0.3, 0.4) is 0 Å². The van der Waals surface area contributed by atoms with Gasteiger partial charge in [-0.3, -0.25) is 4.79 Å². The highest BCUT2D eigenvalue weighted by Crippen LogP contribution is 2.33. The maximum Gasteiger partial charge on any atom is 0.336 e. The lowest BCUT2D eigenvalue weighted by Gasteiger charge is -2.09. The zero-order chi connectivity index (χ0) is 18.0. The minimum atomic E-state index is -0.560. The molecule has 0 spiro atoms. The van der Waals surface area contributed by atoms with Crippen molar-refractivity contribution < 1.29 is 23.4 Å². The molecule has 0 atom stereocenters. The molecular formula is C18H14O7. The fourth-order valence-corrected chi connectivity index (χ4v) is 2.33. The molecule has 0 radical (unpaired) electrons. The van der Waals surface area contributed by atoms with Crippen LogP contribution in [0.1, 0.15) is 11.3 Å². The van der Waals surface area contributed by atoms with Crippen molar-refractivity contribution in [1.82, 2.24) is 0 Å². The average molecular weight is 342 g/mol. The van der Waals surface area contributed by atoms with E-state index in [0.717, 1.165) is 12.3 Å². The molecule has 0 fully saturated rings. The number of hydrogen-bond donors (Lipinski definition) is 1. The van der Waals surface area contributed by atoms with E-state index in [0.29, 0.717) is 28.0 Å². The van der Waals surface area contributed by atoms with Gasteiger partial charge in [-0.25, -0.2) is 4.79 Å². The van der Waals surface area contributed by atoms with Gasteiger partial charge in [0, 0.05) is 23.6 Å². The number of ether oxygens (including phenoxy) is 2. The summed E-state index contributed by atoms with van der Waals surface area (Å²) in [6, 6.07) is 5.70. The first-order valence-corrected chi connectivity index (χ1v) is 7.21.